The summed E-state index contributed by atoms with van der Waals surface area (Å²) in [5, 5.41) is 3.19. The van der Waals surface area contributed by atoms with Gasteiger partial charge in [0.1, 0.15) is 29.4 Å². The second kappa shape index (κ2) is 15.3. The number of piperazine rings is 1. The van der Waals surface area contributed by atoms with Crippen LogP contribution in [0.15, 0.2) is 66.9 Å². The third-order valence-corrected chi connectivity index (χ3v) is 8.75. The van der Waals surface area contributed by atoms with E-state index in [1.165, 1.54) is 18.3 Å². The average Bonchev–Trinajstić information content (AvgIpc) is 3.47. The normalized spacial score (nSPS) is 13.4. The van der Waals surface area contributed by atoms with Gasteiger partial charge >= 0.3 is 0 Å². The summed E-state index contributed by atoms with van der Waals surface area (Å²) in [6, 6.07) is 17.0. The number of nitrogens with one attached hydrogen (secondary N) is 1. The van der Waals surface area contributed by atoms with Crippen LogP contribution in [0.2, 0.25) is 0 Å². The van der Waals surface area contributed by atoms with Crippen LogP contribution in [0.1, 0.15) is 32.0 Å². The van der Waals surface area contributed by atoms with Gasteiger partial charge in [0.2, 0.25) is 5.88 Å². The van der Waals surface area contributed by atoms with Gasteiger partial charge in [0, 0.05) is 62.9 Å². The molecule has 1 aliphatic heterocycles. The molecule has 1 N–H and O–H groups in total. The van der Waals surface area contributed by atoms with Gasteiger partial charge in [-0.05, 0) is 48.9 Å². The quantitative estimate of drug-likeness (QED) is 0.116. The minimum Gasteiger partial charge on any atom is -0.493 e. The van der Waals surface area contributed by atoms with E-state index in [4.69, 9.17) is 14.2 Å². The summed E-state index contributed by atoms with van der Waals surface area (Å²) in [6.07, 6.45) is -1.29. The Bertz CT molecular complexity index is 2100. The minimum absolute atomic E-state index is 0.103. The Kier molecular flexibility index (Phi) is 10.6. The number of aryl methyl sites for hydroxylation is 1. The Balaban J connectivity index is 1.06. The third-order valence-electron chi connectivity index (χ3n) is 8.75. The Morgan fingerprint density at radius 2 is 1.62 bits per heavy atom. The highest BCUT2D eigenvalue weighted by Crippen LogP contribution is 2.32. The number of benzene rings is 3. The largest absolute Gasteiger partial charge is 0.493 e. The molecule has 15 heteroatoms. The summed E-state index contributed by atoms with van der Waals surface area (Å²) in [4.78, 5) is 34.5. The van der Waals surface area contributed by atoms with Gasteiger partial charge in [0.15, 0.2) is 23.2 Å². The maximum Gasteiger partial charge on any atom is 0.272 e. The molecule has 52 heavy (non-hydrogen) atoms. The number of alkyl halides is 2. The van der Waals surface area contributed by atoms with Crippen molar-refractivity contribution in [1.29, 1.82) is 0 Å². The van der Waals surface area contributed by atoms with Gasteiger partial charge in [-0.25, -0.2) is 26.9 Å². The Morgan fingerprint density at radius 3 is 2.27 bits per heavy atom. The summed E-state index contributed by atoms with van der Waals surface area (Å²) in [5.41, 5.74) is 0.859. The van der Waals surface area contributed by atoms with Crippen LogP contribution < -0.4 is 19.5 Å². The lowest BCUT2D eigenvalue weighted by atomic mass is 10.1. The predicted molar refractivity (Wildman–Crippen MR) is 182 cm³/mol. The SMILES string of the molecule is COc1c(F)c(C)c(F)c(F)c1C(=O)Nc1ccc(Oc2ccc3cc(C(=O)N4CCN(Cc5ccc(OCC(F)F)cc5)CC4)n(C)c3c2)nc1. The number of aromatic nitrogens is 2. The fourth-order valence-corrected chi connectivity index (χ4v) is 5.93. The summed E-state index contributed by atoms with van der Waals surface area (Å²) >= 11 is 0. The molecule has 3 heterocycles. The second-order valence-electron chi connectivity index (χ2n) is 12.1. The fraction of sp³-hybridized carbons (Fsp3) is 0.270. The molecular weight excluding hydrogens is 689 g/mol. The van der Waals surface area contributed by atoms with Gasteiger partial charge in [-0.2, -0.15) is 0 Å². The highest BCUT2D eigenvalue weighted by molar-refractivity contribution is 6.06. The van der Waals surface area contributed by atoms with Crippen molar-refractivity contribution in [2.45, 2.75) is 19.9 Å². The number of hydrogen-bond acceptors (Lipinski definition) is 7. The van der Waals surface area contributed by atoms with Crippen molar-refractivity contribution < 1.29 is 45.8 Å². The Labute approximate surface area is 295 Å². The van der Waals surface area contributed by atoms with E-state index in [-0.39, 0.29) is 17.5 Å². The molecule has 272 valence electrons. The zero-order valence-electron chi connectivity index (χ0n) is 28.4. The van der Waals surface area contributed by atoms with E-state index in [0.717, 1.165) is 30.5 Å². The van der Waals surface area contributed by atoms with E-state index in [1.807, 2.05) is 29.2 Å². The molecule has 0 spiro atoms. The van der Waals surface area contributed by atoms with E-state index in [1.54, 1.807) is 35.9 Å². The third kappa shape index (κ3) is 7.64. The number of anilines is 1. The molecule has 0 unspecified atom stereocenters. The predicted octanol–water partition coefficient (Wildman–Crippen LogP) is 6.95. The Hall–Kier alpha value is -5.70. The molecule has 2 aromatic heterocycles. The van der Waals surface area contributed by atoms with Crippen LogP contribution >= 0.6 is 0 Å². The van der Waals surface area contributed by atoms with Crippen LogP contribution in [-0.2, 0) is 13.6 Å². The minimum atomic E-state index is -2.53. The standard InChI is InChI=1S/C37H34F5N5O5/c1-21-32(40)34(42)31(35(50-3)33(21)41)36(48)44-24-7-11-30(43-18-24)52-26-10-6-23-16-28(45(2)27(23)17-26)37(49)47-14-12-46(13-15-47)19-22-4-8-25(9-5-22)51-20-29(38)39/h4-11,16-18,29H,12-15,19-20H2,1-3H3,(H,44,48). The number of ether oxygens (including phenoxy) is 3. The maximum absolute atomic E-state index is 14.6. The van der Waals surface area contributed by atoms with Gasteiger partial charge in [0.25, 0.3) is 18.2 Å². The van der Waals surface area contributed by atoms with E-state index >= 15 is 0 Å². The molecular formula is C37H34F5N5O5. The number of nitrogens with zero attached hydrogens (tertiary/aromatic N) is 4. The van der Waals surface area contributed by atoms with Gasteiger partial charge in [-0.1, -0.05) is 12.1 Å². The monoisotopic (exact) mass is 723 g/mol. The fourth-order valence-electron chi connectivity index (χ4n) is 5.93. The van der Waals surface area contributed by atoms with Crippen molar-refractivity contribution in [1.82, 2.24) is 19.4 Å². The first kappa shape index (κ1) is 36.1. The lowest BCUT2D eigenvalue weighted by Crippen LogP contribution is -2.48. The summed E-state index contributed by atoms with van der Waals surface area (Å²) in [7, 11) is 2.84. The second-order valence-corrected chi connectivity index (χ2v) is 12.1. The number of pyridine rings is 1. The molecule has 0 aliphatic carbocycles. The van der Waals surface area contributed by atoms with Crippen molar-refractivity contribution >= 4 is 28.4 Å². The van der Waals surface area contributed by atoms with E-state index < -0.39 is 53.3 Å². The topological polar surface area (TPSA) is 98.2 Å². The molecule has 0 bridgehead atoms. The van der Waals surface area contributed by atoms with Crippen molar-refractivity contribution in [3.63, 3.8) is 0 Å². The maximum atomic E-state index is 14.6. The van der Waals surface area contributed by atoms with Gasteiger partial charge in [-0.3, -0.25) is 14.5 Å². The lowest BCUT2D eigenvalue weighted by Gasteiger charge is -2.34. The Morgan fingerprint density at radius 1 is 0.904 bits per heavy atom. The first-order valence-electron chi connectivity index (χ1n) is 16.2. The van der Waals surface area contributed by atoms with Crippen LogP contribution in [0.25, 0.3) is 10.9 Å². The molecule has 6 rings (SSSR count). The molecule has 1 fully saturated rings. The van der Waals surface area contributed by atoms with E-state index in [2.05, 4.69) is 15.2 Å². The first-order valence-corrected chi connectivity index (χ1v) is 16.2. The number of fused-ring (bicyclic) bond motifs is 1. The number of amides is 2. The van der Waals surface area contributed by atoms with Gasteiger partial charge in [-0.15, -0.1) is 0 Å². The summed E-state index contributed by atoms with van der Waals surface area (Å²) in [6.45, 7) is 3.45. The van der Waals surface area contributed by atoms with Crippen molar-refractivity contribution in [3.05, 3.63) is 107 Å². The number of methoxy groups -OCH3 is 1. The number of rotatable bonds is 11. The van der Waals surface area contributed by atoms with Crippen LogP contribution in [0.5, 0.6) is 23.1 Å². The zero-order chi connectivity index (χ0) is 37.1. The van der Waals surface area contributed by atoms with Gasteiger partial charge < -0.3 is 29.0 Å². The molecule has 1 saturated heterocycles. The van der Waals surface area contributed by atoms with Crippen molar-refractivity contribution in [2.24, 2.45) is 7.05 Å². The molecule has 10 nitrogen and oxygen atoms in total. The number of hydrogen-bond donors (Lipinski definition) is 1. The summed E-state index contributed by atoms with van der Waals surface area (Å²) in [5.74, 6) is -5.18. The van der Waals surface area contributed by atoms with Crippen molar-refractivity contribution in [3.8, 4) is 23.1 Å². The average molecular weight is 724 g/mol. The van der Waals surface area contributed by atoms with E-state index in [9.17, 15) is 31.5 Å². The molecule has 1 aliphatic rings. The summed E-state index contributed by atoms with van der Waals surface area (Å²) < 4.78 is 85.6. The van der Waals surface area contributed by atoms with E-state index in [0.29, 0.717) is 49.9 Å². The molecule has 0 atom stereocenters. The number of carbonyl (C=O) groups is 2. The lowest BCUT2D eigenvalue weighted by molar-refractivity contribution is 0.0619. The molecule has 0 radical (unpaired) electrons. The number of carbonyl (C=O) groups excluding carboxylic acids is 2. The van der Waals surface area contributed by atoms with Gasteiger partial charge in [0.05, 0.1) is 24.5 Å². The first-order chi connectivity index (χ1) is 24.9. The van der Waals surface area contributed by atoms with Crippen LogP contribution in [0.4, 0.5) is 27.6 Å². The molecule has 2 amide bonds. The highest BCUT2D eigenvalue weighted by Gasteiger charge is 2.29. The molecule has 5 aromatic rings. The van der Waals surface area contributed by atoms with Crippen LogP contribution in [0.3, 0.4) is 0 Å². The molecule has 3 aromatic carbocycles. The van der Waals surface area contributed by atoms with Crippen molar-refractivity contribution in [2.75, 3.05) is 45.2 Å². The van der Waals surface area contributed by atoms with Crippen LogP contribution in [0, 0.1) is 24.4 Å². The zero-order valence-corrected chi connectivity index (χ0v) is 28.4. The highest BCUT2D eigenvalue weighted by atomic mass is 19.3. The van der Waals surface area contributed by atoms with Crippen LogP contribution in [-0.4, -0.2) is 77.5 Å². The number of halogens is 5. The smallest absolute Gasteiger partial charge is 0.272 e. The molecule has 0 saturated carbocycles.